The number of carbonyl (C=O) groups is 2. The molecule has 2 aromatic heterocycles. The first-order valence-electron chi connectivity index (χ1n) is 7.77. The van der Waals surface area contributed by atoms with Gasteiger partial charge in [-0.15, -0.1) is 0 Å². The largest absolute Gasteiger partial charge is 0.457 e. The highest BCUT2D eigenvalue weighted by atomic mass is 32.1. The Kier molecular flexibility index (Phi) is 5.82. The first-order valence-corrected chi connectivity index (χ1v) is 8.17. The molecule has 2 heterocycles. The van der Waals surface area contributed by atoms with Crippen LogP contribution in [-0.4, -0.2) is 23.3 Å². The van der Waals surface area contributed by atoms with Crippen LogP contribution in [0.15, 0.2) is 68.9 Å². The predicted molar refractivity (Wildman–Crippen MR) is 101 cm³/mol. The van der Waals surface area contributed by atoms with Crippen molar-refractivity contribution < 1.29 is 27.9 Å². The Morgan fingerprint density at radius 3 is 2.25 bits per heavy atom. The summed E-state index contributed by atoms with van der Waals surface area (Å²) in [5.41, 5.74) is 8.09. The fourth-order valence-corrected chi connectivity index (χ4v) is 2.09. The molecule has 0 aliphatic carbocycles. The summed E-state index contributed by atoms with van der Waals surface area (Å²) in [5.74, 6) is -1.22. The molecule has 9 nitrogen and oxygen atoms in total. The van der Waals surface area contributed by atoms with E-state index in [2.05, 4.69) is 22.7 Å². The fourth-order valence-electron chi connectivity index (χ4n) is 2.04. The highest BCUT2D eigenvalue weighted by Crippen LogP contribution is 2.26. The molecule has 0 spiro atoms. The molecule has 0 amide bonds. The maximum Gasteiger partial charge on any atom is 0.379 e. The van der Waals surface area contributed by atoms with Crippen molar-refractivity contribution in [3.63, 3.8) is 0 Å². The van der Waals surface area contributed by atoms with E-state index in [9.17, 15) is 9.59 Å². The van der Waals surface area contributed by atoms with Gasteiger partial charge < -0.3 is 24.0 Å². The number of nitrogens with one attached hydrogen (secondary N) is 1. The van der Waals surface area contributed by atoms with Crippen molar-refractivity contribution in [2.45, 2.75) is 0 Å². The molecular formula is C18H13N3O6S. The maximum absolute atomic E-state index is 12.2. The van der Waals surface area contributed by atoms with Crippen LogP contribution in [0, 0.1) is 0 Å². The van der Waals surface area contributed by atoms with E-state index in [4.69, 9.17) is 24.0 Å². The van der Waals surface area contributed by atoms with Crippen LogP contribution in [0.5, 0.6) is 11.5 Å². The van der Waals surface area contributed by atoms with Crippen molar-refractivity contribution >= 4 is 35.5 Å². The Labute approximate surface area is 163 Å². The number of thiocarbonyl (C=S) groups is 1. The Bertz CT molecular complexity index is 1010. The minimum atomic E-state index is -0.739. The van der Waals surface area contributed by atoms with Crippen LogP contribution in [0.25, 0.3) is 0 Å². The second-order valence-corrected chi connectivity index (χ2v) is 5.61. The third-order valence-electron chi connectivity index (χ3n) is 3.22. The van der Waals surface area contributed by atoms with E-state index in [1.54, 1.807) is 12.1 Å². The molecule has 0 fully saturated rings. The predicted octanol–water partition coefficient (Wildman–Crippen LogP) is 2.48. The molecule has 0 bridgehead atoms. The van der Waals surface area contributed by atoms with Crippen molar-refractivity contribution in [1.82, 2.24) is 5.43 Å². The first kappa shape index (κ1) is 18.9. The van der Waals surface area contributed by atoms with E-state index in [1.807, 2.05) is 0 Å². The summed E-state index contributed by atoms with van der Waals surface area (Å²) in [6.45, 7) is 0. The van der Waals surface area contributed by atoms with E-state index in [1.165, 1.54) is 49.1 Å². The van der Waals surface area contributed by atoms with Gasteiger partial charge in [0.1, 0.15) is 11.5 Å². The van der Waals surface area contributed by atoms with Crippen molar-refractivity contribution in [1.29, 1.82) is 0 Å². The molecule has 0 unspecified atom stereocenters. The average Bonchev–Trinajstić information content (AvgIpc) is 3.37. The quantitative estimate of drug-likeness (QED) is 0.211. The van der Waals surface area contributed by atoms with Gasteiger partial charge >= 0.3 is 11.9 Å². The Balaban J connectivity index is 1.84. The lowest BCUT2D eigenvalue weighted by Gasteiger charge is -2.09. The minimum Gasteiger partial charge on any atom is -0.457 e. The zero-order valence-electron chi connectivity index (χ0n) is 14.2. The summed E-state index contributed by atoms with van der Waals surface area (Å²) >= 11 is 4.66. The van der Waals surface area contributed by atoms with Crippen LogP contribution in [-0.2, 0) is 0 Å². The summed E-state index contributed by atoms with van der Waals surface area (Å²) in [6, 6.07) is 10.4. The van der Waals surface area contributed by atoms with Crippen LogP contribution >= 0.6 is 12.2 Å². The SMILES string of the molecule is NC(=S)NN=Cc1ccc(OC(=O)c2ccco2)cc1OC(=O)c1ccco1. The van der Waals surface area contributed by atoms with Gasteiger partial charge in [0.15, 0.2) is 5.11 Å². The lowest BCUT2D eigenvalue weighted by atomic mass is 10.2. The van der Waals surface area contributed by atoms with E-state index < -0.39 is 11.9 Å². The smallest absolute Gasteiger partial charge is 0.379 e. The van der Waals surface area contributed by atoms with Crippen LogP contribution < -0.4 is 20.6 Å². The Morgan fingerprint density at radius 1 is 1.04 bits per heavy atom. The molecule has 1 aromatic carbocycles. The minimum absolute atomic E-state index is 0.00198. The number of rotatable bonds is 6. The van der Waals surface area contributed by atoms with Crippen molar-refractivity contribution in [2.75, 3.05) is 0 Å². The van der Waals surface area contributed by atoms with Gasteiger partial charge in [0.25, 0.3) is 0 Å². The highest BCUT2D eigenvalue weighted by Gasteiger charge is 2.17. The van der Waals surface area contributed by atoms with Crippen molar-refractivity contribution in [3.8, 4) is 11.5 Å². The molecule has 0 aliphatic heterocycles. The topological polar surface area (TPSA) is 129 Å². The van der Waals surface area contributed by atoms with E-state index in [0.717, 1.165) is 0 Å². The zero-order chi connectivity index (χ0) is 19.9. The van der Waals surface area contributed by atoms with E-state index in [-0.39, 0.29) is 28.1 Å². The number of nitrogens with zero attached hydrogens (tertiary/aromatic N) is 1. The van der Waals surface area contributed by atoms with Gasteiger partial charge in [-0.1, -0.05) is 0 Å². The summed E-state index contributed by atoms with van der Waals surface area (Å²) in [6.07, 6.45) is 4.02. The number of carbonyl (C=O) groups excluding carboxylic acids is 2. The zero-order valence-corrected chi connectivity index (χ0v) is 15.0. The number of nitrogens with two attached hydrogens (primary N) is 1. The summed E-state index contributed by atoms with van der Waals surface area (Å²) in [7, 11) is 0. The fraction of sp³-hybridized carbons (Fsp3) is 0. The van der Waals surface area contributed by atoms with Gasteiger partial charge in [-0.2, -0.15) is 5.10 Å². The standard InChI is InChI=1S/C18H13N3O6S/c19-18(28)21-20-10-11-5-6-12(26-16(22)13-3-1-7-24-13)9-15(11)27-17(23)14-4-2-8-25-14/h1-10H,(H3,19,21,28). The first-order chi connectivity index (χ1) is 13.5. The van der Waals surface area contributed by atoms with Crippen molar-refractivity contribution in [3.05, 3.63) is 72.1 Å². The van der Waals surface area contributed by atoms with E-state index >= 15 is 0 Å². The number of hydrazone groups is 1. The van der Waals surface area contributed by atoms with Crippen LogP contribution in [0.3, 0.4) is 0 Å². The van der Waals surface area contributed by atoms with Gasteiger partial charge in [-0.05, 0) is 48.6 Å². The number of furan rings is 2. The molecule has 10 heteroatoms. The van der Waals surface area contributed by atoms with Gasteiger partial charge in [0.05, 0.1) is 18.7 Å². The number of benzene rings is 1. The summed E-state index contributed by atoms with van der Waals surface area (Å²) in [4.78, 5) is 24.2. The second kappa shape index (κ2) is 8.64. The summed E-state index contributed by atoms with van der Waals surface area (Å²) in [5, 5.41) is 3.79. The molecule has 3 aromatic rings. The number of hydrogen-bond donors (Lipinski definition) is 2. The maximum atomic E-state index is 12.2. The molecule has 0 aliphatic rings. The lowest BCUT2D eigenvalue weighted by Crippen LogP contribution is -2.24. The molecule has 3 rings (SSSR count). The molecule has 0 radical (unpaired) electrons. The molecule has 0 saturated carbocycles. The monoisotopic (exact) mass is 399 g/mol. The third kappa shape index (κ3) is 4.83. The van der Waals surface area contributed by atoms with Crippen LogP contribution in [0.4, 0.5) is 0 Å². The van der Waals surface area contributed by atoms with Gasteiger partial charge in [0, 0.05) is 11.6 Å². The third-order valence-corrected chi connectivity index (χ3v) is 3.31. The van der Waals surface area contributed by atoms with Gasteiger partial charge in [-0.25, -0.2) is 9.59 Å². The molecule has 28 heavy (non-hydrogen) atoms. The van der Waals surface area contributed by atoms with Crippen LogP contribution in [0.2, 0.25) is 0 Å². The average molecular weight is 399 g/mol. The lowest BCUT2D eigenvalue weighted by molar-refractivity contribution is 0.0698. The molecule has 0 atom stereocenters. The molecule has 142 valence electrons. The van der Waals surface area contributed by atoms with E-state index in [0.29, 0.717) is 5.56 Å². The number of esters is 2. The normalized spacial score (nSPS) is 10.6. The Hall–Kier alpha value is -3.92. The number of ether oxygens (including phenoxy) is 2. The highest BCUT2D eigenvalue weighted by molar-refractivity contribution is 7.80. The second-order valence-electron chi connectivity index (χ2n) is 5.17. The molecular weight excluding hydrogens is 386 g/mol. The molecule has 0 saturated heterocycles. The van der Waals surface area contributed by atoms with Gasteiger partial charge in [0.2, 0.25) is 11.5 Å². The molecule has 3 N–H and O–H groups in total. The van der Waals surface area contributed by atoms with Crippen LogP contribution in [0.1, 0.15) is 26.7 Å². The summed E-state index contributed by atoms with van der Waals surface area (Å²) < 4.78 is 20.5. The van der Waals surface area contributed by atoms with Gasteiger partial charge in [-0.3, -0.25) is 5.43 Å². The number of hydrogen-bond acceptors (Lipinski definition) is 8. The Morgan fingerprint density at radius 2 is 1.68 bits per heavy atom. The van der Waals surface area contributed by atoms with Crippen molar-refractivity contribution in [2.24, 2.45) is 10.8 Å².